The molecule has 0 spiro atoms. The first-order chi connectivity index (χ1) is 12.2. The van der Waals surface area contributed by atoms with Gasteiger partial charge in [-0.3, -0.25) is 9.69 Å². The lowest BCUT2D eigenvalue weighted by Crippen LogP contribution is -2.54. The summed E-state index contributed by atoms with van der Waals surface area (Å²) in [6, 6.07) is 10.8. The second-order valence-electron chi connectivity index (χ2n) is 6.36. The molecule has 1 aliphatic heterocycles. The highest BCUT2D eigenvalue weighted by Gasteiger charge is 2.29. The molecule has 6 nitrogen and oxygen atoms in total. The summed E-state index contributed by atoms with van der Waals surface area (Å²) >= 11 is 0. The van der Waals surface area contributed by atoms with Crippen molar-refractivity contribution in [2.45, 2.75) is 25.4 Å². The van der Waals surface area contributed by atoms with Crippen molar-refractivity contribution in [2.75, 3.05) is 26.2 Å². The first-order valence-corrected chi connectivity index (χ1v) is 8.59. The molecule has 0 unspecified atom stereocenters. The molecular formula is C19H24N2O4. The summed E-state index contributed by atoms with van der Waals surface area (Å²) in [4.78, 5) is 16.7. The molecule has 1 fully saturated rings. The number of amides is 1. The average Bonchev–Trinajstić information content (AvgIpc) is 3.12. The van der Waals surface area contributed by atoms with Gasteiger partial charge in [-0.05, 0) is 24.6 Å². The largest absolute Gasteiger partial charge is 0.508 e. The minimum Gasteiger partial charge on any atom is -0.508 e. The Morgan fingerprint density at radius 3 is 2.76 bits per heavy atom. The molecule has 3 rings (SSSR count). The third-order valence-corrected chi connectivity index (χ3v) is 4.69. The van der Waals surface area contributed by atoms with E-state index < -0.39 is 0 Å². The predicted molar refractivity (Wildman–Crippen MR) is 93.0 cm³/mol. The zero-order valence-corrected chi connectivity index (χ0v) is 14.2. The van der Waals surface area contributed by atoms with Crippen LogP contribution in [0.3, 0.4) is 0 Å². The summed E-state index contributed by atoms with van der Waals surface area (Å²) in [5, 5.41) is 19.2. The van der Waals surface area contributed by atoms with Gasteiger partial charge in [0.2, 0.25) is 5.91 Å². The van der Waals surface area contributed by atoms with Gasteiger partial charge in [-0.1, -0.05) is 18.2 Å². The smallest absolute Gasteiger partial charge is 0.227 e. The van der Waals surface area contributed by atoms with Crippen molar-refractivity contribution in [3.63, 3.8) is 0 Å². The molecule has 6 heteroatoms. The minimum atomic E-state index is 0.00193. The molecule has 134 valence electrons. The molecule has 0 aliphatic carbocycles. The number of phenols is 1. The van der Waals surface area contributed by atoms with Crippen molar-refractivity contribution in [1.82, 2.24) is 9.80 Å². The normalized spacial score (nSPS) is 18.4. The van der Waals surface area contributed by atoms with E-state index in [9.17, 15) is 15.0 Å². The Labute approximate surface area is 147 Å². The molecule has 0 saturated carbocycles. The molecule has 0 radical (unpaired) electrons. The summed E-state index contributed by atoms with van der Waals surface area (Å²) in [7, 11) is 0. The van der Waals surface area contributed by atoms with Gasteiger partial charge in [-0.2, -0.15) is 0 Å². The van der Waals surface area contributed by atoms with Gasteiger partial charge in [0.05, 0.1) is 19.2 Å². The van der Waals surface area contributed by atoms with Crippen LogP contribution in [0.2, 0.25) is 0 Å². The number of para-hydroxylation sites is 1. The number of nitrogens with zero attached hydrogens (tertiary/aromatic N) is 2. The Kier molecular flexibility index (Phi) is 5.73. The highest BCUT2D eigenvalue weighted by Crippen LogP contribution is 2.20. The number of furan rings is 1. The van der Waals surface area contributed by atoms with Gasteiger partial charge in [-0.15, -0.1) is 0 Å². The van der Waals surface area contributed by atoms with Crippen molar-refractivity contribution >= 4 is 5.91 Å². The van der Waals surface area contributed by atoms with Crippen molar-refractivity contribution in [3.8, 4) is 5.75 Å². The summed E-state index contributed by atoms with van der Waals surface area (Å²) in [6.45, 7) is 2.71. The molecular weight excluding hydrogens is 320 g/mol. The number of rotatable bonds is 6. The lowest BCUT2D eigenvalue weighted by Gasteiger charge is -2.41. The van der Waals surface area contributed by atoms with Gasteiger partial charge in [-0.25, -0.2) is 0 Å². The first kappa shape index (κ1) is 17.5. The van der Waals surface area contributed by atoms with Crippen molar-refractivity contribution in [1.29, 1.82) is 0 Å². The van der Waals surface area contributed by atoms with Gasteiger partial charge in [0.1, 0.15) is 11.5 Å². The molecule has 1 aliphatic rings. The number of aliphatic hydroxyl groups is 1. The Morgan fingerprint density at radius 1 is 1.20 bits per heavy atom. The van der Waals surface area contributed by atoms with E-state index in [0.29, 0.717) is 31.6 Å². The molecule has 1 amide bonds. The fraction of sp³-hybridized carbons (Fsp3) is 0.421. The van der Waals surface area contributed by atoms with Crippen LogP contribution in [0.25, 0.3) is 0 Å². The summed E-state index contributed by atoms with van der Waals surface area (Å²) in [5.41, 5.74) is 0.643. The lowest BCUT2D eigenvalue weighted by atomic mass is 10.1. The van der Waals surface area contributed by atoms with Crippen LogP contribution in [-0.2, 0) is 17.8 Å². The molecule has 1 aromatic carbocycles. The quantitative estimate of drug-likeness (QED) is 0.833. The van der Waals surface area contributed by atoms with E-state index in [2.05, 4.69) is 4.90 Å². The van der Waals surface area contributed by atoms with Crippen LogP contribution >= 0.6 is 0 Å². The monoisotopic (exact) mass is 344 g/mol. The third-order valence-electron chi connectivity index (χ3n) is 4.69. The molecule has 2 aromatic rings. The Hall–Kier alpha value is -2.31. The molecule has 1 atom stereocenters. The molecule has 2 N–H and O–H groups in total. The Bertz CT molecular complexity index is 686. The van der Waals surface area contributed by atoms with Gasteiger partial charge >= 0.3 is 0 Å². The number of hydrogen-bond donors (Lipinski definition) is 2. The second kappa shape index (κ2) is 8.18. The standard InChI is InChI=1S/C19H24N2O4/c22-10-7-16-13-21(9-8-20(16)14-17-5-3-11-25-17)19(24)12-15-4-1-2-6-18(15)23/h1-6,11,16,22-23H,7-10,12-14H2/t16-/m1/s1. The summed E-state index contributed by atoms with van der Waals surface area (Å²) in [5.74, 6) is 1.04. The van der Waals surface area contributed by atoms with Gasteiger partial charge < -0.3 is 19.5 Å². The van der Waals surface area contributed by atoms with E-state index >= 15 is 0 Å². The number of phenolic OH excluding ortho intramolecular Hbond substituents is 1. The number of piperazine rings is 1. The number of aromatic hydroxyl groups is 1. The van der Waals surface area contributed by atoms with E-state index in [4.69, 9.17) is 4.42 Å². The van der Waals surface area contributed by atoms with Gasteiger partial charge in [0.15, 0.2) is 0 Å². The van der Waals surface area contributed by atoms with Crippen LogP contribution < -0.4 is 0 Å². The lowest BCUT2D eigenvalue weighted by molar-refractivity contribution is -0.134. The van der Waals surface area contributed by atoms with Crippen LogP contribution in [0.5, 0.6) is 5.75 Å². The Morgan fingerprint density at radius 2 is 2.04 bits per heavy atom. The minimum absolute atomic E-state index is 0.00193. The fourth-order valence-corrected chi connectivity index (χ4v) is 3.29. The predicted octanol–water partition coefficient (Wildman–Crippen LogP) is 1.62. The van der Waals surface area contributed by atoms with Crippen LogP contribution in [0.4, 0.5) is 0 Å². The maximum atomic E-state index is 12.6. The molecule has 1 aromatic heterocycles. The fourth-order valence-electron chi connectivity index (χ4n) is 3.29. The number of carbonyl (C=O) groups excluding carboxylic acids is 1. The Balaban J connectivity index is 1.62. The molecule has 25 heavy (non-hydrogen) atoms. The maximum Gasteiger partial charge on any atom is 0.227 e. The number of aliphatic hydroxyl groups excluding tert-OH is 1. The molecule has 2 heterocycles. The zero-order valence-electron chi connectivity index (χ0n) is 14.2. The van der Waals surface area contributed by atoms with Crippen LogP contribution in [0.1, 0.15) is 17.7 Å². The van der Waals surface area contributed by atoms with Crippen LogP contribution in [0, 0.1) is 0 Å². The van der Waals surface area contributed by atoms with E-state index in [0.717, 1.165) is 12.3 Å². The zero-order chi connectivity index (χ0) is 17.6. The molecule has 0 bridgehead atoms. The summed E-state index contributed by atoms with van der Waals surface area (Å²) < 4.78 is 5.42. The molecule has 1 saturated heterocycles. The topological polar surface area (TPSA) is 77.2 Å². The number of hydrogen-bond acceptors (Lipinski definition) is 5. The second-order valence-corrected chi connectivity index (χ2v) is 6.36. The first-order valence-electron chi connectivity index (χ1n) is 8.59. The van der Waals surface area contributed by atoms with Crippen molar-refractivity contribution in [2.24, 2.45) is 0 Å². The van der Waals surface area contributed by atoms with E-state index in [1.165, 1.54) is 0 Å². The number of benzene rings is 1. The van der Waals surface area contributed by atoms with E-state index in [1.807, 2.05) is 23.1 Å². The maximum absolute atomic E-state index is 12.6. The number of carbonyl (C=O) groups is 1. The van der Waals surface area contributed by atoms with Crippen molar-refractivity contribution < 1.29 is 19.4 Å². The van der Waals surface area contributed by atoms with Crippen LogP contribution in [-0.4, -0.2) is 58.2 Å². The highest BCUT2D eigenvalue weighted by molar-refractivity contribution is 5.79. The van der Waals surface area contributed by atoms with Crippen molar-refractivity contribution in [3.05, 3.63) is 54.0 Å². The SMILES string of the molecule is O=C(Cc1ccccc1O)N1CCN(Cc2ccco2)[C@H](CCO)C1. The van der Waals surface area contributed by atoms with Crippen LogP contribution in [0.15, 0.2) is 47.1 Å². The third kappa shape index (κ3) is 4.41. The summed E-state index contributed by atoms with van der Waals surface area (Å²) in [6.07, 6.45) is 2.46. The van der Waals surface area contributed by atoms with Gasteiger partial charge in [0.25, 0.3) is 0 Å². The highest BCUT2D eigenvalue weighted by atomic mass is 16.3. The average molecular weight is 344 g/mol. The van der Waals surface area contributed by atoms with Gasteiger partial charge in [0, 0.05) is 37.8 Å². The van der Waals surface area contributed by atoms with E-state index in [1.54, 1.807) is 24.5 Å². The van der Waals surface area contributed by atoms with E-state index in [-0.39, 0.29) is 30.7 Å².